The minimum atomic E-state index is -0.186. The molecule has 0 radical (unpaired) electrons. The molecule has 3 N–H and O–H groups in total. The lowest BCUT2D eigenvalue weighted by Gasteiger charge is -2.09. The van der Waals surface area contributed by atoms with Crippen molar-refractivity contribution in [2.24, 2.45) is 0 Å². The van der Waals surface area contributed by atoms with Crippen LogP contribution in [0.2, 0.25) is 0 Å². The Hall–Kier alpha value is -2.49. The lowest BCUT2D eigenvalue weighted by Crippen LogP contribution is -2.12. The first-order valence-corrected chi connectivity index (χ1v) is 7.06. The molecule has 2 aromatic rings. The summed E-state index contributed by atoms with van der Waals surface area (Å²) >= 11 is 0. The van der Waals surface area contributed by atoms with Gasteiger partial charge in [0.05, 0.1) is 12.3 Å². The van der Waals surface area contributed by atoms with Gasteiger partial charge in [-0.1, -0.05) is 19.1 Å². The summed E-state index contributed by atoms with van der Waals surface area (Å²) in [7, 11) is 0. The van der Waals surface area contributed by atoms with Gasteiger partial charge in [-0.25, -0.2) is 0 Å². The molecule has 0 aromatic heterocycles. The standard InChI is InChI=1S/C17H20N2O2/c1-3-12-5-8-14(9-6-12)19-17(20)13-7-10-16(21-4-2)15(18)11-13/h5-11H,3-4,18H2,1-2H3,(H,19,20). The summed E-state index contributed by atoms with van der Waals surface area (Å²) in [5.41, 5.74) is 8.85. The number of nitrogen functional groups attached to an aromatic ring is 1. The average molecular weight is 284 g/mol. The number of carbonyl (C=O) groups excluding carboxylic acids is 1. The summed E-state index contributed by atoms with van der Waals surface area (Å²) in [5.74, 6) is 0.412. The van der Waals surface area contributed by atoms with Crippen LogP contribution in [-0.2, 0) is 6.42 Å². The van der Waals surface area contributed by atoms with Crippen molar-refractivity contribution in [1.82, 2.24) is 0 Å². The summed E-state index contributed by atoms with van der Waals surface area (Å²) in [6, 6.07) is 12.8. The molecule has 2 aromatic carbocycles. The Labute approximate surface area is 124 Å². The molecule has 4 heteroatoms. The second-order valence-electron chi connectivity index (χ2n) is 4.69. The third-order valence-electron chi connectivity index (χ3n) is 3.19. The third kappa shape index (κ3) is 3.75. The average Bonchev–Trinajstić information content (AvgIpc) is 2.50. The Bertz CT molecular complexity index is 621. The number of nitrogens with two attached hydrogens (primary N) is 1. The molecule has 0 aliphatic heterocycles. The predicted molar refractivity (Wildman–Crippen MR) is 85.8 cm³/mol. The van der Waals surface area contributed by atoms with Crippen molar-refractivity contribution in [3.05, 3.63) is 53.6 Å². The largest absolute Gasteiger partial charge is 0.492 e. The Balaban J connectivity index is 2.10. The number of benzene rings is 2. The van der Waals surface area contributed by atoms with Crippen LogP contribution in [0.15, 0.2) is 42.5 Å². The van der Waals surface area contributed by atoms with E-state index in [2.05, 4.69) is 12.2 Å². The van der Waals surface area contributed by atoms with Gasteiger partial charge in [-0.15, -0.1) is 0 Å². The molecule has 0 bridgehead atoms. The fourth-order valence-corrected chi connectivity index (χ4v) is 2.00. The zero-order valence-electron chi connectivity index (χ0n) is 12.3. The van der Waals surface area contributed by atoms with Crippen LogP contribution in [0, 0.1) is 0 Å². The molecule has 0 aliphatic carbocycles. The molecule has 2 rings (SSSR count). The molecule has 0 saturated heterocycles. The number of amides is 1. The first-order chi connectivity index (χ1) is 10.1. The van der Waals surface area contributed by atoms with Crippen molar-refractivity contribution in [3.63, 3.8) is 0 Å². The molecule has 0 aliphatic rings. The van der Waals surface area contributed by atoms with Crippen molar-refractivity contribution in [1.29, 1.82) is 0 Å². The zero-order chi connectivity index (χ0) is 15.2. The molecular formula is C17H20N2O2. The van der Waals surface area contributed by atoms with Crippen LogP contribution < -0.4 is 15.8 Å². The Morgan fingerprint density at radius 3 is 2.43 bits per heavy atom. The van der Waals surface area contributed by atoms with E-state index in [1.54, 1.807) is 18.2 Å². The summed E-state index contributed by atoms with van der Waals surface area (Å²) in [6.45, 7) is 4.52. The van der Waals surface area contributed by atoms with Crippen molar-refractivity contribution in [2.75, 3.05) is 17.7 Å². The number of rotatable bonds is 5. The molecule has 1 amide bonds. The molecule has 0 spiro atoms. The maximum atomic E-state index is 12.2. The lowest BCUT2D eigenvalue weighted by atomic mass is 10.1. The smallest absolute Gasteiger partial charge is 0.255 e. The van der Waals surface area contributed by atoms with Crippen LogP contribution in [0.5, 0.6) is 5.75 Å². The molecule has 0 fully saturated rings. The summed E-state index contributed by atoms with van der Waals surface area (Å²) in [5, 5.41) is 2.85. The summed E-state index contributed by atoms with van der Waals surface area (Å²) in [6.07, 6.45) is 0.976. The highest BCUT2D eigenvalue weighted by Crippen LogP contribution is 2.23. The van der Waals surface area contributed by atoms with E-state index in [-0.39, 0.29) is 5.91 Å². The molecule has 0 saturated carbocycles. The molecular weight excluding hydrogens is 264 g/mol. The molecule has 110 valence electrons. The topological polar surface area (TPSA) is 64.3 Å². The number of anilines is 2. The van der Waals surface area contributed by atoms with E-state index < -0.39 is 0 Å². The maximum Gasteiger partial charge on any atom is 0.255 e. The highest BCUT2D eigenvalue weighted by atomic mass is 16.5. The minimum absolute atomic E-state index is 0.186. The lowest BCUT2D eigenvalue weighted by molar-refractivity contribution is 0.102. The monoisotopic (exact) mass is 284 g/mol. The van der Waals surface area contributed by atoms with E-state index in [0.29, 0.717) is 23.6 Å². The highest BCUT2D eigenvalue weighted by Gasteiger charge is 2.09. The van der Waals surface area contributed by atoms with E-state index in [1.807, 2.05) is 31.2 Å². The van der Waals surface area contributed by atoms with Crippen LogP contribution in [0.3, 0.4) is 0 Å². The highest BCUT2D eigenvalue weighted by molar-refractivity contribution is 6.05. The Morgan fingerprint density at radius 2 is 1.86 bits per heavy atom. The number of nitrogens with one attached hydrogen (secondary N) is 1. The van der Waals surface area contributed by atoms with Crippen LogP contribution in [0.25, 0.3) is 0 Å². The third-order valence-corrected chi connectivity index (χ3v) is 3.19. The van der Waals surface area contributed by atoms with Crippen LogP contribution >= 0.6 is 0 Å². The van der Waals surface area contributed by atoms with Gasteiger partial charge < -0.3 is 15.8 Å². The van der Waals surface area contributed by atoms with Crippen molar-refractivity contribution in [2.45, 2.75) is 20.3 Å². The van der Waals surface area contributed by atoms with Crippen molar-refractivity contribution < 1.29 is 9.53 Å². The van der Waals surface area contributed by atoms with Gasteiger partial charge in [0.2, 0.25) is 0 Å². The maximum absolute atomic E-state index is 12.2. The number of hydrogen-bond donors (Lipinski definition) is 2. The molecule has 0 unspecified atom stereocenters. The molecule has 0 atom stereocenters. The first kappa shape index (κ1) is 14.9. The van der Waals surface area contributed by atoms with Gasteiger partial charge in [0.1, 0.15) is 5.75 Å². The fourth-order valence-electron chi connectivity index (χ4n) is 2.00. The van der Waals surface area contributed by atoms with Crippen LogP contribution in [0.1, 0.15) is 29.8 Å². The quantitative estimate of drug-likeness (QED) is 0.826. The Morgan fingerprint density at radius 1 is 1.14 bits per heavy atom. The van der Waals surface area contributed by atoms with E-state index in [1.165, 1.54) is 5.56 Å². The predicted octanol–water partition coefficient (Wildman–Crippen LogP) is 3.48. The van der Waals surface area contributed by atoms with Gasteiger partial charge in [0.15, 0.2) is 0 Å². The number of ether oxygens (including phenoxy) is 1. The van der Waals surface area contributed by atoms with E-state index >= 15 is 0 Å². The number of carbonyl (C=O) groups is 1. The molecule has 4 nitrogen and oxygen atoms in total. The van der Waals surface area contributed by atoms with Gasteiger partial charge in [-0.2, -0.15) is 0 Å². The molecule has 0 heterocycles. The summed E-state index contributed by atoms with van der Waals surface area (Å²) < 4.78 is 5.36. The minimum Gasteiger partial charge on any atom is -0.492 e. The van der Waals surface area contributed by atoms with E-state index in [4.69, 9.17) is 10.5 Å². The number of hydrogen-bond acceptors (Lipinski definition) is 3. The van der Waals surface area contributed by atoms with Gasteiger partial charge in [-0.3, -0.25) is 4.79 Å². The van der Waals surface area contributed by atoms with Gasteiger partial charge in [0.25, 0.3) is 5.91 Å². The van der Waals surface area contributed by atoms with Crippen LogP contribution in [0.4, 0.5) is 11.4 Å². The van der Waals surface area contributed by atoms with Gasteiger partial charge in [-0.05, 0) is 49.2 Å². The van der Waals surface area contributed by atoms with Gasteiger partial charge >= 0.3 is 0 Å². The SMILES string of the molecule is CCOc1ccc(C(=O)Nc2ccc(CC)cc2)cc1N. The molecule has 21 heavy (non-hydrogen) atoms. The number of aryl methyl sites for hydroxylation is 1. The fraction of sp³-hybridized carbons (Fsp3) is 0.235. The van der Waals surface area contributed by atoms with Crippen molar-refractivity contribution >= 4 is 17.3 Å². The second kappa shape index (κ2) is 6.79. The second-order valence-corrected chi connectivity index (χ2v) is 4.69. The Kier molecular flexibility index (Phi) is 4.82. The van der Waals surface area contributed by atoms with Gasteiger partial charge in [0, 0.05) is 11.3 Å². The van der Waals surface area contributed by atoms with E-state index in [0.717, 1.165) is 12.1 Å². The van der Waals surface area contributed by atoms with Crippen molar-refractivity contribution in [3.8, 4) is 5.75 Å². The van der Waals surface area contributed by atoms with E-state index in [9.17, 15) is 4.79 Å². The normalized spacial score (nSPS) is 10.2. The first-order valence-electron chi connectivity index (χ1n) is 7.06. The van der Waals surface area contributed by atoms with Crippen LogP contribution in [-0.4, -0.2) is 12.5 Å². The zero-order valence-corrected chi connectivity index (χ0v) is 12.3. The summed E-state index contributed by atoms with van der Waals surface area (Å²) in [4.78, 5) is 12.2.